The predicted molar refractivity (Wildman–Crippen MR) is 60.9 cm³/mol. The minimum atomic E-state index is -0.172. The Bertz CT molecular complexity index is 521. The number of rotatable bonds is 3. The van der Waals surface area contributed by atoms with Crippen molar-refractivity contribution in [3.8, 4) is 0 Å². The van der Waals surface area contributed by atoms with Crippen LogP contribution in [-0.2, 0) is 13.0 Å². The quantitative estimate of drug-likeness (QED) is 0.809. The lowest BCUT2D eigenvalue weighted by Gasteiger charge is -2.04. The van der Waals surface area contributed by atoms with Gasteiger partial charge >= 0.3 is 0 Å². The molecular weight excluding hydrogens is 204 g/mol. The summed E-state index contributed by atoms with van der Waals surface area (Å²) >= 11 is 0. The maximum atomic E-state index is 11.5. The Morgan fingerprint density at radius 3 is 2.75 bits per heavy atom. The van der Waals surface area contributed by atoms with Gasteiger partial charge in [0.2, 0.25) is 0 Å². The predicted octanol–water partition coefficient (Wildman–Crippen LogP) is 0.463. The summed E-state index contributed by atoms with van der Waals surface area (Å²) in [7, 11) is 0. The Hall–Kier alpha value is -2.17. The summed E-state index contributed by atoms with van der Waals surface area (Å²) in [6.07, 6.45) is 5.69. The number of nitrogens with zero attached hydrogens (tertiary/aromatic N) is 3. The minimum Gasteiger partial charge on any atom is -0.397 e. The second-order valence-corrected chi connectivity index (χ2v) is 3.46. The fourth-order valence-corrected chi connectivity index (χ4v) is 1.40. The van der Waals surface area contributed by atoms with E-state index >= 15 is 0 Å². The third kappa shape index (κ3) is 2.44. The molecule has 0 aliphatic carbocycles. The molecule has 0 radical (unpaired) electrons. The van der Waals surface area contributed by atoms with E-state index in [1.165, 1.54) is 16.9 Å². The van der Waals surface area contributed by atoms with Crippen LogP contribution >= 0.6 is 0 Å². The third-order valence-corrected chi connectivity index (χ3v) is 2.25. The van der Waals surface area contributed by atoms with Crippen LogP contribution < -0.4 is 11.3 Å². The lowest BCUT2D eigenvalue weighted by Crippen LogP contribution is -2.23. The van der Waals surface area contributed by atoms with Crippen LogP contribution in [0.5, 0.6) is 0 Å². The number of pyridine rings is 1. The van der Waals surface area contributed by atoms with E-state index < -0.39 is 0 Å². The highest BCUT2D eigenvalue weighted by Gasteiger charge is 1.98. The SMILES string of the molecule is Nc1cnn(CCc2ccncc2)c(=O)c1. The van der Waals surface area contributed by atoms with Gasteiger partial charge in [0.15, 0.2) is 0 Å². The number of nitrogens with two attached hydrogens (primary N) is 1. The van der Waals surface area contributed by atoms with Crippen LogP contribution in [0.15, 0.2) is 41.6 Å². The zero-order valence-corrected chi connectivity index (χ0v) is 8.71. The van der Waals surface area contributed by atoms with Crippen LogP contribution in [0.4, 0.5) is 5.69 Å². The molecule has 0 aliphatic heterocycles. The average molecular weight is 216 g/mol. The fourth-order valence-electron chi connectivity index (χ4n) is 1.40. The molecule has 2 heterocycles. The largest absolute Gasteiger partial charge is 0.397 e. The van der Waals surface area contributed by atoms with Crippen molar-refractivity contribution < 1.29 is 0 Å². The molecule has 0 aromatic carbocycles. The van der Waals surface area contributed by atoms with Crippen molar-refractivity contribution in [1.82, 2.24) is 14.8 Å². The lowest BCUT2D eigenvalue weighted by molar-refractivity contribution is 0.579. The molecule has 0 fully saturated rings. The molecule has 2 rings (SSSR count). The number of hydrogen-bond donors (Lipinski definition) is 1. The molecule has 16 heavy (non-hydrogen) atoms. The zero-order chi connectivity index (χ0) is 11.4. The van der Waals surface area contributed by atoms with E-state index in [0.717, 1.165) is 12.0 Å². The topological polar surface area (TPSA) is 73.8 Å². The molecule has 0 aliphatic rings. The first-order valence-electron chi connectivity index (χ1n) is 4.97. The number of nitrogen functional groups attached to an aromatic ring is 1. The summed E-state index contributed by atoms with van der Waals surface area (Å²) in [6.45, 7) is 0.545. The van der Waals surface area contributed by atoms with Crippen molar-refractivity contribution in [1.29, 1.82) is 0 Å². The molecule has 5 heteroatoms. The Labute approximate surface area is 92.6 Å². The van der Waals surface area contributed by atoms with Gasteiger partial charge in [-0.25, -0.2) is 4.68 Å². The van der Waals surface area contributed by atoms with Crippen LogP contribution in [0.1, 0.15) is 5.56 Å². The smallest absolute Gasteiger partial charge is 0.268 e. The first-order valence-corrected chi connectivity index (χ1v) is 4.97. The van der Waals surface area contributed by atoms with Gasteiger partial charge in [0.05, 0.1) is 11.9 Å². The molecule has 0 saturated carbocycles. The van der Waals surface area contributed by atoms with E-state index in [-0.39, 0.29) is 5.56 Å². The van der Waals surface area contributed by atoms with Gasteiger partial charge in [-0.05, 0) is 24.1 Å². The van der Waals surface area contributed by atoms with Gasteiger partial charge in [-0.1, -0.05) is 0 Å². The molecule has 0 bridgehead atoms. The maximum absolute atomic E-state index is 11.5. The highest BCUT2D eigenvalue weighted by atomic mass is 16.1. The molecule has 0 unspecified atom stereocenters. The Morgan fingerprint density at radius 2 is 2.06 bits per heavy atom. The zero-order valence-electron chi connectivity index (χ0n) is 8.71. The Balaban J connectivity index is 2.08. The first kappa shape index (κ1) is 10.4. The summed E-state index contributed by atoms with van der Waals surface area (Å²) in [6, 6.07) is 5.21. The summed E-state index contributed by atoms with van der Waals surface area (Å²) in [5.41, 5.74) is 6.80. The van der Waals surface area contributed by atoms with Gasteiger partial charge in [0, 0.05) is 25.0 Å². The van der Waals surface area contributed by atoms with Crippen molar-refractivity contribution >= 4 is 5.69 Å². The summed E-state index contributed by atoms with van der Waals surface area (Å²) in [4.78, 5) is 15.4. The van der Waals surface area contributed by atoms with Crippen LogP contribution in [-0.4, -0.2) is 14.8 Å². The third-order valence-electron chi connectivity index (χ3n) is 2.25. The van der Waals surface area contributed by atoms with E-state index in [0.29, 0.717) is 12.2 Å². The maximum Gasteiger partial charge on any atom is 0.268 e. The van der Waals surface area contributed by atoms with Crippen LogP contribution in [0.25, 0.3) is 0 Å². The monoisotopic (exact) mass is 216 g/mol. The number of aryl methyl sites for hydroxylation is 2. The summed E-state index contributed by atoms with van der Waals surface area (Å²) in [5.74, 6) is 0. The van der Waals surface area contributed by atoms with E-state index in [1.54, 1.807) is 12.4 Å². The fraction of sp³-hybridized carbons (Fsp3) is 0.182. The summed E-state index contributed by atoms with van der Waals surface area (Å²) < 4.78 is 1.40. The van der Waals surface area contributed by atoms with Crippen molar-refractivity contribution in [3.63, 3.8) is 0 Å². The Morgan fingerprint density at radius 1 is 1.31 bits per heavy atom. The molecule has 0 atom stereocenters. The van der Waals surface area contributed by atoms with E-state index in [1.807, 2.05) is 12.1 Å². The van der Waals surface area contributed by atoms with E-state index in [4.69, 9.17) is 5.73 Å². The van der Waals surface area contributed by atoms with Crippen LogP contribution in [0, 0.1) is 0 Å². The van der Waals surface area contributed by atoms with Crippen molar-refractivity contribution in [2.24, 2.45) is 0 Å². The van der Waals surface area contributed by atoms with Crippen LogP contribution in [0.3, 0.4) is 0 Å². The van der Waals surface area contributed by atoms with Crippen LogP contribution in [0.2, 0.25) is 0 Å². The molecule has 5 nitrogen and oxygen atoms in total. The molecule has 2 aromatic heterocycles. The molecule has 0 amide bonds. The number of aromatic nitrogens is 3. The Kier molecular flexibility index (Phi) is 2.95. The standard InChI is InChI=1S/C11H12N4O/c12-10-7-11(16)15(14-8-10)6-3-9-1-4-13-5-2-9/h1-2,4-5,7-8H,3,6,12H2. The molecule has 2 aromatic rings. The molecule has 0 saturated heterocycles. The van der Waals surface area contributed by atoms with Gasteiger partial charge in [-0.2, -0.15) is 5.10 Å². The van der Waals surface area contributed by atoms with Gasteiger partial charge in [0.25, 0.3) is 5.56 Å². The molecule has 0 spiro atoms. The number of anilines is 1. The second kappa shape index (κ2) is 4.57. The first-order chi connectivity index (χ1) is 7.75. The normalized spacial score (nSPS) is 10.2. The van der Waals surface area contributed by atoms with E-state index in [2.05, 4.69) is 10.1 Å². The summed E-state index contributed by atoms with van der Waals surface area (Å²) in [5, 5.41) is 3.96. The number of hydrogen-bond acceptors (Lipinski definition) is 4. The second-order valence-electron chi connectivity index (χ2n) is 3.46. The molecule has 2 N–H and O–H groups in total. The van der Waals surface area contributed by atoms with Gasteiger partial charge in [0.1, 0.15) is 0 Å². The van der Waals surface area contributed by atoms with Gasteiger partial charge in [-0.3, -0.25) is 9.78 Å². The van der Waals surface area contributed by atoms with Gasteiger partial charge < -0.3 is 5.73 Å². The lowest BCUT2D eigenvalue weighted by atomic mass is 10.2. The molecular formula is C11H12N4O. The van der Waals surface area contributed by atoms with Crippen molar-refractivity contribution in [2.45, 2.75) is 13.0 Å². The van der Waals surface area contributed by atoms with Gasteiger partial charge in [-0.15, -0.1) is 0 Å². The molecule has 82 valence electrons. The van der Waals surface area contributed by atoms with Crippen molar-refractivity contribution in [3.05, 3.63) is 52.7 Å². The van der Waals surface area contributed by atoms with E-state index in [9.17, 15) is 4.79 Å². The highest BCUT2D eigenvalue weighted by molar-refractivity contribution is 5.31. The highest BCUT2D eigenvalue weighted by Crippen LogP contribution is 1.98. The average Bonchev–Trinajstić information content (AvgIpc) is 2.29. The van der Waals surface area contributed by atoms with Crippen molar-refractivity contribution in [2.75, 3.05) is 5.73 Å². The minimum absolute atomic E-state index is 0.172.